The molecular formula is C27H27N5O. The molecule has 5 rings (SSSR count). The Morgan fingerprint density at radius 3 is 2.36 bits per heavy atom. The highest BCUT2D eigenvalue weighted by atomic mass is 16.1. The molecule has 0 aliphatic carbocycles. The third kappa shape index (κ3) is 3.74. The van der Waals surface area contributed by atoms with Gasteiger partial charge in [0.1, 0.15) is 0 Å². The summed E-state index contributed by atoms with van der Waals surface area (Å²) in [6, 6.07) is 23.9. The van der Waals surface area contributed by atoms with Gasteiger partial charge in [-0.15, -0.1) is 0 Å². The van der Waals surface area contributed by atoms with Gasteiger partial charge in [0, 0.05) is 31.2 Å². The van der Waals surface area contributed by atoms with Crippen molar-refractivity contribution in [1.82, 2.24) is 9.55 Å². The second-order valence-corrected chi connectivity index (χ2v) is 8.67. The monoisotopic (exact) mass is 437 g/mol. The Kier molecular flexibility index (Phi) is 5.13. The average Bonchev–Trinajstić information content (AvgIpc) is 3.17. The van der Waals surface area contributed by atoms with Crippen molar-refractivity contribution in [3.63, 3.8) is 0 Å². The lowest BCUT2D eigenvalue weighted by molar-refractivity contribution is -0.113. The van der Waals surface area contributed by atoms with Crippen LogP contribution in [-0.2, 0) is 4.79 Å². The van der Waals surface area contributed by atoms with Gasteiger partial charge in [0.15, 0.2) is 0 Å². The molecule has 2 heterocycles. The zero-order valence-corrected chi connectivity index (χ0v) is 19.3. The predicted molar refractivity (Wildman–Crippen MR) is 135 cm³/mol. The molecule has 1 aliphatic heterocycles. The molecule has 0 fully saturated rings. The maximum Gasteiger partial charge on any atom is 0.255 e. The maximum atomic E-state index is 13.6. The van der Waals surface area contributed by atoms with Crippen LogP contribution in [0.25, 0.3) is 11.0 Å². The van der Waals surface area contributed by atoms with Gasteiger partial charge in [-0.05, 0) is 55.8 Å². The van der Waals surface area contributed by atoms with E-state index in [1.54, 1.807) is 0 Å². The van der Waals surface area contributed by atoms with E-state index in [1.807, 2.05) is 76.5 Å². The van der Waals surface area contributed by atoms with E-state index in [9.17, 15) is 4.79 Å². The standard InChI is InChI=1S/C27H27N5O/c1-17-9-13-20(14-10-17)29-26(33)24-18(2)28-27-30-22-7-5-6-8-23(22)32(27)25(24)19-11-15-21(16-12-19)31(3)4/h5-16,25H,1-4H3,(H,28,30)(H,29,33)/t25-/m1/s1. The third-order valence-corrected chi connectivity index (χ3v) is 6.11. The number of allylic oxidation sites excluding steroid dienone is 1. The van der Waals surface area contributed by atoms with Gasteiger partial charge in [-0.25, -0.2) is 4.98 Å². The van der Waals surface area contributed by atoms with Gasteiger partial charge in [0.05, 0.1) is 22.6 Å². The van der Waals surface area contributed by atoms with E-state index in [2.05, 4.69) is 44.4 Å². The van der Waals surface area contributed by atoms with Gasteiger partial charge in [-0.2, -0.15) is 0 Å². The first-order chi connectivity index (χ1) is 15.9. The topological polar surface area (TPSA) is 62.2 Å². The molecule has 166 valence electrons. The summed E-state index contributed by atoms with van der Waals surface area (Å²) < 4.78 is 2.12. The van der Waals surface area contributed by atoms with Crippen molar-refractivity contribution in [2.75, 3.05) is 29.6 Å². The number of hydrogen-bond acceptors (Lipinski definition) is 4. The molecule has 0 radical (unpaired) electrons. The van der Waals surface area contributed by atoms with E-state index >= 15 is 0 Å². The highest BCUT2D eigenvalue weighted by molar-refractivity contribution is 6.06. The van der Waals surface area contributed by atoms with Crippen LogP contribution in [0.5, 0.6) is 0 Å². The molecule has 4 aromatic rings. The van der Waals surface area contributed by atoms with Crippen LogP contribution in [0, 0.1) is 6.92 Å². The Hall–Kier alpha value is -4.06. The number of aromatic nitrogens is 2. The third-order valence-electron chi connectivity index (χ3n) is 6.11. The maximum absolute atomic E-state index is 13.6. The number of aryl methyl sites for hydroxylation is 1. The molecule has 6 nitrogen and oxygen atoms in total. The van der Waals surface area contributed by atoms with Crippen molar-refractivity contribution in [3.8, 4) is 0 Å². The molecule has 1 aromatic heterocycles. The van der Waals surface area contributed by atoms with Crippen LogP contribution in [0.1, 0.15) is 24.1 Å². The van der Waals surface area contributed by atoms with Gasteiger partial charge in [0.25, 0.3) is 5.91 Å². The fourth-order valence-electron chi connectivity index (χ4n) is 4.36. The van der Waals surface area contributed by atoms with Crippen molar-refractivity contribution < 1.29 is 4.79 Å². The molecule has 1 atom stereocenters. The summed E-state index contributed by atoms with van der Waals surface area (Å²) in [4.78, 5) is 20.5. The van der Waals surface area contributed by atoms with Crippen LogP contribution >= 0.6 is 0 Å². The van der Waals surface area contributed by atoms with Crippen molar-refractivity contribution in [3.05, 3.63) is 95.2 Å². The lowest BCUT2D eigenvalue weighted by atomic mass is 9.94. The van der Waals surface area contributed by atoms with E-state index in [0.29, 0.717) is 5.57 Å². The number of fused-ring (bicyclic) bond motifs is 3. The minimum Gasteiger partial charge on any atom is -0.378 e. The van der Waals surface area contributed by atoms with Crippen LogP contribution < -0.4 is 15.5 Å². The molecule has 1 amide bonds. The number of nitrogens with zero attached hydrogens (tertiary/aromatic N) is 3. The molecule has 6 heteroatoms. The summed E-state index contributed by atoms with van der Waals surface area (Å²) in [5.41, 5.74) is 7.39. The molecular weight excluding hydrogens is 410 g/mol. The Balaban J connectivity index is 1.64. The summed E-state index contributed by atoms with van der Waals surface area (Å²) in [5.74, 6) is 0.608. The second-order valence-electron chi connectivity index (χ2n) is 8.67. The molecule has 0 saturated carbocycles. The quantitative estimate of drug-likeness (QED) is 0.453. The molecule has 0 saturated heterocycles. The van der Waals surface area contributed by atoms with Gasteiger partial charge >= 0.3 is 0 Å². The molecule has 0 bridgehead atoms. The predicted octanol–water partition coefficient (Wildman–Crippen LogP) is 5.34. The molecule has 0 unspecified atom stereocenters. The number of anilines is 3. The summed E-state index contributed by atoms with van der Waals surface area (Å²) in [7, 11) is 4.04. The first kappa shape index (κ1) is 20.8. The fraction of sp³-hybridized carbons (Fsp3) is 0.185. The number of benzene rings is 3. The molecule has 0 spiro atoms. The number of carbonyl (C=O) groups is 1. The second kappa shape index (κ2) is 8.13. The van der Waals surface area contributed by atoms with Crippen molar-refractivity contribution in [2.24, 2.45) is 0 Å². The van der Waals surface area contributed by atoms with E-state index in [1.165, 1.54) is 0 Å². The number of imidazole rings is 1. The van der Waals surface area contributed by atoms with E-state index in [-0.39, 0.29) is 11.9 Å². The zero-order valence-electron chi connectivity index (χ0n) is 19.3. The highest BCUT2D eigenvalue weighted by Gasteiger charge is 2.34. The molecule has 33 heavy (non-hydrogen) atoms. The number of para-hydroxylation sites is 2. The molecule has 1 aliphatic rings. The SMILES string of the molecule is CC1=C(C(=O)Nc2ccc(C)cc2)[C@@H](c2ccc(N(C)C)cc2)n2c(nc3ccccc32)N1. The van der Waals surface area contributed by atoms with Crippen LogP contribution in [-0.4, -0.2) is 29.6 Å². The van der Waals surface area contributed by atoms with Gasteiger partial charge in [-0.1, -0.05) is 42.0 Å². The van der Waals surface area contributed by atoms with E-state index < -0.39 is 0 Å². The average molecular weight is 438 g/mol. The van der Waals surface area contributed by atoms with Crippen molar-refractivity contribution in [2.45, 2.75) is 19.9 Å². The Morgan fingerprint density at radius 2 is 1.67 bits per heavy atom. The Morgan fingerprint density at radius 1 is 0.970 bits per heavy atom. The smallest absolute Gasteiger partial charge is 0.255 e. The highest BCUT2D eigenvalue weighted by Crippen LogP contribution is 2.39. The summed E-state index contributed by atoms with van der Waals surface area (Å²) >= 11 is 0. The number of carbonyl (C=O) groups excluding carboxylic acids is 1. The van der Waals surface area contributed by atoms with Crippen LogP contribution in [0.3, 0.4) is 0 Å². The summed E-state index contributed by atoms with van der Waals surface area (Å²) in [5, 5.41) is 6.46. The lowest BCUT2D eigenvalue weighted by Gasteiger charge is -2.31. The Labute approximate surface area is 193 Å². The largest absolute Gasteiger partial charge is 0.378 e. The van der Waals surface area contributed by atoms with E-state index in [4.69, 9.17) is 4.98 Å². The van der Waals surface area contributed by atoms with Crippen molar-refractivity contribution in [1.29, 1.82) is 0 Å². The number of nitrogens with one attached hydrogen (secondary N) is 2. The molecule has 3 aromatic carbocycles. The van der Waals surface area contributed by atoms with Crippen molar-refractivity contribution >= 4 is 34.3 Å². The summed E-state index contributed by atoms with van der Waals surface area (Å²) in [6.07, 6.45) is 0. The minimum absolute atomic E-state index is 0.131. The normalized spacial score (nSPS) is 15.2. The number of amides is 1. The molecule has 2 N–H and O–H groups in total. The van der Waals surface area contributed by atoms with Gasteiger partial charge in [-0.3, -0.25) is 9.36 Å². The van der Waals surface area contributed by atoms with E-state index in [0.717, 1.165) is 45.2 Å². The zero-order chi connectivity index (χ0) is 23.1. The lowest BCUT2D eigenvalue weighted by Crippen LogP contribution is -2.31. The fourth-order valence-corrected chi connectivity index (χ4v) is 4.36. The van der Waals surface area contributed by atoms with Gasteiger partial charge < -0.3 is 15.5 Å². The van der Waals surface area contributed by atoms with Crippen LogP contribution in [0.4, 0.5) is 17.3 Å². The van der Waals surface area contributed by atoms with Gasteiger partial charge in [0.2, 0.25) is 5.95 Å². The van der Waals surface area contributed by atoms with Crippen LogP contribution in [0.2, 0.25) is 0 Å². The number of hydrogen-bond donors (Lipinski definition) is 2. The first-order valence-electron chi connectivity index (χ1n) is 11.0. The Bertz CT molecular complexity index is 1360. The summed E-state index contributed by atoms with van der Waals surface area (Å²) in [6.45, 7) is 3.97. The van der Waals surface area contributed by atoms with Crippen LogP contribution in [0.15, 0.2) is 84.1 Å². The number of rotatable bonds is 4. The first-order valence-corrected chi connectivity index (χ1v) is 11.0. The minimum atomic E-state index is -0.310.